The number of ketones is 1. The molecule has 0 spiro atoms. The molecule has 0 aliphatic rings. The lowest BCUT2D eigenvalue weighted by molar-refractivity contribution is -0.118. The molecule has 0 radical (unpaired) electrons. The summed E-state index contributed by atoms with van der Waals surface area (Å²) in [6.45, 7) is 8.10. The first-order valence-electron chi connectivity index (χ1n) is 4.84. The van der Waals surface area contributed by atoms with Crippen LogP contribution in [0.1, 0.15) is 47.0 Å². The Balaban J connectivity index is 4.09. The minimum atomic E-state index is 0.206. The zero-order chi connectivity index (χ0) is 9.56. The molecule has 1 nitrogen and oxygen atoms in total. The molecule has 0 aromatic carbocycles. The minimum Gasteiger partial charge on any atom is -0.294 e. The summed E-state index contributed by atoms with van der Waals surface area (Å²) in [6, 6.07) is 0. The lowest BCUT2D eigenvalue weighted by atomic mass is 9.96. The summed E-state index contributed by atoms with van der Waals surface area (Å²) < 4.78 is 0. The molecule has 0 saturated carbocycles. The monoisotopic (exact) mass is 168 g/mol. The van der Waals surface area contributed by atoms with Crippen LogP contribution in [-0.4, -0.2) is 5.78 Å². The highest BCUT2D eigenvalue weighted by atomic mass is 16.1. The molecule has 0 aliphatic carbocycles. The molecule has 0 aliphatic heterocycles. The van der Waals surface area contributed by atoms with Crippen LogP contribution in [0.3, 0.4) is 0 Å². The molecule has 0 saturated heterocycles. The van der Waals surface area contributed by atoms with Crippen LogP contribution in [0.2, 0.25) is 0 Å². The highest BCUT2D eigenvalue weighted by Gasteiger charge is 2.12. The molecule has 0 bridgehead atoms. The average Bonchev–Trinajstić information content (AvgIpc) is 2.04. The van der Waals surface area contributed by atoms with Gasteiger partial charge >= 0.3 is 0 Å². The molecule has 12 heavy (non-hydrogen) atoms. The summed E-state index contributed by atoms with van der Waals surface area (Å²) in [5.41, 5.74) is 0.929. The molecule has 0 heterocycles. The first-order valence-corrected chi connectivity index (χ1v) is 4.84. The fourth-order valence-electron chi connectivity index (χ4n) is 1.36. The molecule has 70 valence electrons. The number of hydrogen-bond acceptors (Lipinski definition) is 1. The molecular formula is C11H20O. The van der Waals surface area contributed by atoms with Gasteiger partial charge in [0.25, 0.3) is 0 Å². The Bertz CT molecular complexity index is 168. The highest BCUT2D eigenvalue weighted by Crippen LogP contribution is 2.12. The Morgan fingerprint density at radius 2 is 2.00 bits per heavy atom. The first kappa shape index (κ1) is 11.4. The fraction of sp³-hybridized carbons (Fsp3) is 0.727. The van der Waals surface area contributed by atoms with Gasteiger partial charge in [-0.15, -0.1) is 0 Å². The predicted octanol–water partition coefficient (Wildman–Crippen LogP) is 3.35. The van der Waals surface area contributed by atoms with Gasteiger partial charge in [-0.05, 0) is 25.3 Å². The van der Waals surface area contributed by atoms with E-state index < -0.39 is 0 Å². The third-order valence-corrected chi connectivity index (χ3v) is 2.07. The summed E-state index contributed by atoms with van der Waals surface area (Å²) in [4.78, 5) is 11.6. The van der Waals surface area contributed by atoms with Crippen LogP contribution in [0.5, 0.6) is 0 Å². The zero-order valence-electron chi connectivity index (χ0n) is 8.68. The lowest BCUT2D eigenvalue weighted by Crippen LogP contribution is -2.11. The van der Waals surface area contributed by atoms with E-state index in [1.54, 1.807) is 0 Å². The highest BCUT2D eigenvalue weighted by molar-refractivity contribution is 5.96. The van der Waals surface area contributed by atoms with Crippen molar-refractivity contribution in [2.24, 2.45) is 5.92 Å². The van der Waals surface area contributed by atoms with Crippen LogP contribution in [0.25, 0.3) is 0 Å². The second-order valence-corrected chi connectivity index (χ2v) is 3.35. The second kappa shape index (κ2) is 5.99. The van der Waals surface area contributed by atoms with Gasteiger partial charge in [0.15, 0.2) is 5.78 Å². The van der Waals surface area contributed by atoms with Gasteiger partial charge in [-0.25, -0.2) is 0 Å². The summed E-state index contributed by atoms with van der Waals surface area (Å²) >= 11 is 0. The van der Waals surface area contributed by atoms with Crippen molar-refractivity contribution in [2.75, 3.05) is 0 Å². The van der Waals surface area contributed by atoms with Crippen molar-refractivity contribution >= 4 is 5.78 Å². The van der Waals surface area contributed by atoms with Crippen LogP contribution < -0.4 is 0 Å². The Hall–Kier alpha value is -0.590. The van der Waals surface area contributed by atoms with E-state index in [1.807, 2.05) is 19.9 Å². The first-order chi connectivity index (χ1) is 5.63. The van der Waals surface area contributed by atoms with Crippen molar-refractivity contribution in [2.45, 2.75) is 47.0 Å². The van der Waals surface area contributed by atoms with E-state index in [2.05, 4.69) is 13.8 Å². The van der Waals surface area contributed by atoms with Gasteiger partial charge in [-0.1, -0.05) is 33.3 Å². The average molecular weight is 168 g/mol. The van der Waals surface area contributed by atoms with E-state index in [1.165, 1.54) is 0 Å². The van der Waals surface area contributed by atoms with Gasteiger partial charge in [0, 0.05) is 5.92 Å². The summed E-state index contributed by atoms with van der Waals surface area (Å²) in [6.07, 6.45) is 5.06. The summed E-state index contributed by atoms with van der Waals surface area (Å²) in [5, 5.41) is 0. The van der Waals surface area contributed by atoms with E-state index in [0.717, 1.165) is 24.8 Å². The summed E-state index contributed by atoms with van der Waals surface area (Å²) in [5.74, 6) is 0.525. The van der Waals surface area contributed by atoms with E-state index in [-0.39, 0.29) is 5.92 Å². The number of rotatable bonds is 5. The van der Waals surface area contributed by atoms with E-state index in [9.17, 15) is 4.79 Å². The molecule has 0 unspecified atom stereocenters. The molecular weight excluding hydrogens is 148 g/mol. The Morgan fingerprint density at radius 1 is 1.42 bits per heavy atom. The number of hydrogen-bond donors (Lipinski definition) is 0. The minimum absolute atomic E-state index is 0.206. The van der Waals surface area contributed by atoms with E-state index in [4.69, 9.17) is 0 Å². The van der Waals surface area contributed by atoms with Crippen LogP contribution in [-0.2, 0) is 4.79 Å². The number of Topliss-reactive ketones (excluding diaryl/α,β-unsaturated/α-hetero) is 1. The smallest absolute Gasteiger partial charge is 0.161 e. The quantitative estimate of drug-likeness (QED) is 0.575. The third kappa shape index (κ3) is 3.70. The number of allylic oxidation sites excluding steroid dienone is 2. The molecule has 0 N–H and O–H groups in total. The van der Waals surface area contributed by atoms with Gasteiger partial charge in [-0.3, -0.25) is 4.79 Å². The second-order valence-electron chi connectivity index (χ2n) is 3.35. The Morgan fingerprint density at radius 3 is 2.42 bits per heavy atom. The van der Waals surface area contributed by atoms with Crippen molar-refractivity contribution < 1.29 is 4.79 Å². The van der Waals surface area contributed by atoms with Crippen molar-refractivity contribution in [1.29, 1.82) is 0 Å². The van der Waals surface area contributed by atoms with Gasteiger partial charge in [0.2, 0.25) is 0 Å². The topological polar surface area (TPSA) is 17.1 Å². The van der Waals surface area contributed by atoms with Gasteiger partial charge < -0.3 is 0 Å². The zero-order valence-corrected chi connectivity index (χ0v) is 8.68. The van der Waals surface area contributed by atoms with Gasteiger partial charge in [0.1, 0.15) is 0 Å². The van der Waals surface area contributed by atoms with Crippen LogP contribution in [0, 0.1) is 5.92 Å². The molecule has 1 heteroatoms. The molecule has 0 aromatic rings. The fourth-order valence-corrected chi connectivity index (χ4v) is 1.36. The van der Waals surface area contributed by atoms with Crippen LogP contribution >= 0.6 is 0 Å². The third-order valence-electron chi connectivity index (χ3n) is 2.07. The van der Waals surface area contributed by atoms with Crippen molar-refractivity contribution in [3.05, 3.63) is 11.6 Å². The predicted molar refractivity (Wildman–Crippen MR) is 53.1 cm³/mol. The largest absolute Gasteiger partial charge is 0.294 e. The number of carbonyl (C=O) groups excluding carboxylic acids is 1. The van der Waals surface area contributed by atoms with Crippen molar-refractivity contribution in [3.63, 3.8) is 0 Å². The van der Waals surface area contributed by atoms with Gasteiger partial charge in [-0.2, -0.15) is 0 Å². The maximum absolute atomic E-state index is 11.6. The normalized spacial score (nSPS) is 14.5. The maximum atomic E-state index is 11.6. The Labute approximate surface area is 75.9 Å². The summed E-state index contributed by atoms with van der Waals surface area (Å²) in [7, 11) is 0. The molecule has 1 atom stereocenters. The van der Waals surface area contributed by atoms with Crippen molar-refractivity contribution in [1.82, 2.24) is 0 Å². The maximum Gasteiger partial charge on any atom is 0.161 e. The number of carbonyl (C=O) groups is 1. The van der Waals surface area contributed by atoms with Crippen LogP contribution in [0.15, 0.2) is 11.6 Å². The van der Waals surface area contributed by atoms with Gasteiger partial charge in [0.05, 0.1) is 0 Å². The standard InChI is InChI=1S/C11H20O/c1-5-7-9(3)11(12)10(4)8-6-2/h7,10H,5-6,8H2,1-4H3/b9-7+/t10-/m1/s1. The van der Waals surface area contributed by atoms with Crippen LogP contribution in [0.4, 0.5) is 0 Å². The Kier molecular flexibility index (Phi) is 5.69. The van der Waals surface area contributed by atoms with E-state index >= 15 is 0 Å². The molecule has 0 rings (SSSR count). The lowest BCUT2D eigenvalue weighted by Gasteiger charge is -2.08. The molecule has 0 amide bonds. The molecule has 0 fully saturated rings. The SMILES string of the molecule is CC/C=C(\C)C(=O)[C@H](C)CCC. The van der Waals surface area contributed by atoms with Crippen molar-refractivity contribution in [3.8, 4) is 0 Å². The van der Waals surface area contributed by atoms with E-state index in [0.29, 0.717) is 5.78 Å². The molecule has 0 aromatic heterocycles.